The molecule has 2 aliphatic heterocycles. The highest BCUT2D eigenvalue weighted by Gasteiger charge is 2.36. The van der Waals surface area contributed by atoms with E-state index in [0.717, 1.165) is 30.7 Å². The summed E-state index contributed by atoms with van der Waals surface area (Å²) in [5.41, 5.74) is 3.48. The van der Waals surface area contributed by atoms with Crippen molar-refractivity contribution >= 4 is 22.5 Å². The van der Waals surface area contributed by atoms with E-state index >= 15 is 0 Å². The Morgan fingerprint density at radius 3 is 2.66 bits per heavy atom. The Kier molecular flexibility index (Phi) is 5.92. The molecule has 0 aliphatic carbocycles. The molecule has 1 saturated heterocycles. The molecule has 2 bridgehead atoms. The zero-order chi connectivity index (χ0) is 22.1. The zero-order valence-corrected chi connectivity index (χ0v) is 19.2. The number of hydrogen-bond acceptors (Lipinski definition) is 3. The predicted molar refractivity (Wildman–Crippen MR) is 131 cm³/mol. The Morgan fingerprint density at radius 2 is 1.78 bits per heavy atom. The molecule has 5 heteroatoms. The number of nitrogens with one attached hydrogen (secondary N) is 1. The Labute approximate surface area is 191 Å². The molecule has 32 heavy (non-hydrogen) atoms. The van der Waals surface area contributed by atoms with Crippen molar-refractivity contribution in [1.82, 2.24) is 14.4 Å². The van der Waals surface area contributed by atoms with Gasteiger partial charge in [-0.15, -0.1) is 0 Å². The second-order valence-corrected chi connectivity index (χ2v) is 9.58. The van der Waals surface area contributed by atoms with E-state index in [9.17, 15) is 4.79 Å². The quantitative estimate of drug-likeness (QED) is 0.653. The van der Waals surface area contributed by atoms with Crippen LogP contribution in [0.2, 0.25) is 0 Å². The summed E-state index contributed by atoms with van der Waals surface area (Å²) in [5.74, 6) is 0.188. The molecule has 0 unspecified atom stereocenters. The summed E-state index contributed by atoms with van der Waals surface area (Å²) in [7, 11) is 0. The largest absolute Gasteiger partial charge is 0.385 e. The number of hydrogen-bond donors (Lipinski definition) is 1. The van der Waals surface area contributed by atoms with Gasteiger partial charge in [-0.25, -0.2) is 0 Å². The van der Waals surface area contributed by atoms with Gasteiger partial charge in [0.25, 0.3) is 0 Å². The smallest absolute Gasteiger partial charge is 0.242 e. The van der Waals surface area contributed by atoms with E-state index in [1.807, 2.05) is 18.3 Å². The molecule has 3 aromatic rings. The first-order chi connectivity index (χ1) is 15.6. The summed E-state index contributed by atoms with van der Waals surface area (Å²) >= 11 is 0. The number of fused-ring (bicyclic) bond motifs is 4. The highest BCUT2D eigenvalue weighted by molar-refractivity contribution is 5.83. The molecule has 1 fully saturated rings. The maximum absolute atomic E-state index is 13.7. The molecular weight excluding hydrogens is 396 g/mol. The number of amides is 1. The molecule has 0 spiro atoms. The van der Waals surface area contributed by atoms with E-state index in [0.29, 0.717) is 31.2 Å². The number of rotatable bonds is 3. The molecule has 5 nitrogen and oxygen atoms in total. The fourth-order valence-corrected chi connectivity index (χ4v) is 5.75. The van der Waals surface area contributed by atoms with Crippen LogP contribution in [0.5, 0.6) is 0 Å². The second-order valence-electron chi connectivity index (χ2n) is 9.58. The lowest BCUT2D eigenvalue weighted by Crippen LogP contribution is -2.48. The third-order valence-electron chi connectivity index (χ3n) is 7.21. The molecule has 5 rings (SSSR count). The van der Waals surface area contributed by atoms with Gasteiger partial charge in [-0.05, 0) is 62.3 Å². The Hall–Kier alpha value is -2.79. The molecule has 2 aliphatic rings. The predicted octanol–water partition coefficient (Wildman–Crippen LogP) is 4.73. The van der Waals surface area contributed by atoms with E-state index in [2.05, 4.69) is 76.0 Å². The van der Waals surface area contributed by atoms with E-state index in [1.54, 1.807) is 0 Å². The summed E-state index contributed by atoms with van der Waals surface area (Å²) in [6.07, 6.45) is 5.57. The Bertz CT molecular complexity index is 1090. The van der Waals surface area contributed by atoms with E-state index in [-0.39, 0.29) is 5.91 Å². The van der Waals surface area contributed by atoms with Gasteiger partial charge in [-0.3, -0.25) is 9.69 Å². The van der Waals surface area contributed by atoms with Crippen LogP contribution in [-0.4, -0.2) is 51.5 Å². The topological polar surface area (TPSA) is 40.5 Å². The van der Waals surface area contributed by atoms with Gasteiger partial charge in [-0.1, -0.05) is 36.4 Å². The average molecular weight is 431 g/mol. The van der Waals surface area contributed by atoms with E-state index < -0.39 is 0 Å². The first kappa shape index (κ1) is 21.1. The molecule has 168 valence electrons. The third kappa shape index (κ3) is 4.14. The molecular formula is C27H34N4O. The first-order valence-corrected chi connectivity index (χ1v) is 12.0. The fourth-order valence-electron chi connectivity index (χ4n) is 5.75. The molecule has 2 atom stereocenters. The summed E-state index contributed by atoms with van der Waals surface area (Å²) in [6, 6.07) is 20.3. The molecule has 3 heterocycles. The van der Waals surface area contributed by atoms with Gasteiger partial charge in [0.05, 0.1) is 0 Å². The zero-order valence-electron chi connectivity index (χ0n) is 19.2. The lowest BCUT2D eigenvalue weighted by molar-refractivity contribution is -0.133. The van der Waals surface area contributed by atoms with Crippen LogP contribution < -0.4 is 5.32 Å². The molecule has 1 aromatic heterocycles. The summed E-state index contributed by atoms with van der Waals surface area (Å²) in [4.78, 5) is 18.5. The van der Waals surface area contributed by atoms with E-state index in [4.69, 9.17) is 0 Å². The summed E-state index contributed by atoms with van der Waals surface area (Å²) in [5, 5.41) is 4.84. The summed E-state index contributed by atoms with van der Waals surface area (Å²) < 4.78 is 2.09. The van der Waals surface area contributed by atoms with Gasteiger partial charge >= 0.3 is 0 Å². The molecule has 2 aromatic carbocycles. The standard InChI is InChI=1S/C27H34N4O/c1-20(2)31-23-11-12-24(31)18-30(17-22-8-3-5-9-25(22)28-15-13-23)27(32)19-29-16-14-21-7-4-6-10-26(21)29/h3-10,14,16,20,23-24,28H,11-13,15,17-19H2,1-2H3/t23-,24+/m1/s1. The van der Waals surface area contributed by atoms with Gasteiger partial charge in [-0.2, -0.15) is 0 Å². The highest BCUT2D eigenvalue weighted by atomic mass is 16.2. The van der Waals surface area contributed by atoms with Crippen molar-refractivity contribution in [2.24, 2.45) is 0 Å². The number of carbonyl (C=O) groups is 1. The lowest BCUT2D eigenvalue weighted by Gasteiger charge is -2.36. The number of aromatic nitrogens is 1. The Balaban J connectivity index is 1.45. The van der Waals surface area contributed by atoms with Crippen molar-refractivity contribution in [3.05, 3.63) is 66.4 Å². The van der Waals surface area contributed by atoms with Crippen molar-refractivity contribution in [3.8, 4) is 0 Å². The molecule has 1 amide bonds. The fraction of sp³-hybridized carbons (Fsp3) is 0.444. The second kappa shape index (κ2) is 8.99. The van der Waals surface area contributed by atoms with Crippen LogP contribution in [0.4, 0.5) is 5.69 Å². The van der Waals surface area contributed by atoms with Crippen molar-refractivity contribution in [2.75, 3.05) is 18.4 Å². The van der Waals surface area contributed by atoms with Gasteiger partial charge in [0.1, 0.15) is 6.54 Å². The normalized spacial score (nSPS) is 21.9. The highest BCUT2D eigenvalue weighted by Crippen LogP contribution is 2.31. The number of nitrogens with zero attached hydrogens (tertiary/aromatic N) is 3. The monoisotopic (exact) mass is 430 g/mol. The Morgan fingerprint density at radius 1 is 1.00 bits per heavy atom. The molecule has 0 radical (unpaired) electrons. The van der Waals surface area contributed by atoms with Crippen molar-refractivity contribution < 1.29 is 4.79 Å². The third-order valence-corrected chi connectivity index (χ3v) is 7.21. The first-order valence-electron chi connectivity index (χ1n) is 12.0. The average Bonchev–Trinajstić information content (AvgIpc) is 3.37. The van der Waals surface area contributed by atoms with Crippen molar-refractivity contribution in [3.63, 3.8) is 0 Å². The van der Waals surface area contributed by atoms with Crippen LogP contribution in [0.25, 0.3) is 10.9 Å². The number of benzene rings is 2. The lowest BCUT2D eigenvalue weighted by atomic mass is 10.1. The molecule has 1 N–H and O–H groups in total. The van der Waals surface area contributed by atoms with Crippen LogP contribution in [0, 0.1) is 0 Å². The van der Waals surface area contributed by atoms with Crippen LogP contribution in [0.15, 0.2) is 60.8 Å². The maximum Gasteiger partial charge on any atom is 0.242 e. The number of carbonyl (C=O) groups excluding carboxylic acids is 1. The van der Waals surface area contributed by atoms with Crippen LogP contribution >= 0.6 is 0 Å². The SMILES string of the molecule is CC(C)N1[C@H]2CCNc3ccccc3CN(C(=O)Cn3ccc4ccccc43)C[C@@H]1CC2. The minimum Gasteiger partial charge on any atom is -0.385 e. The van der Waals surface area contributed by atoms with Crippen LogP contribution in [0.3, 0.4) is 0 Å². The minimum absolute atomic E-state index is 0.188. The van der Waals surface area contributed by atoms with E-state index in [1.165, 1.54) is 23.8 Å². The molecule has 0 saturated carbocycles. The van der Waals surface area contributed by atoms with Gasteiger partial charge in [0, 0.05) is 55.2 Å². The number of para-hydroxylation sites is 2. The van der Waals surface area contributed by atoms with Crippen LogP contribution in [-0.2, 0) is 17.9 Å². The van der Waals surface area contributed by atoms with Gasteiger partial charge < -0.3 is 14.8 Å². The van der Waals surface area contributed by atoms with Crippen molar-refractivity contribution in [1.29, 1.82) is 0 Å². The van der Waals surface area contributed by atoms with Crippen LogP contribution in [0.1, 0.15) is 38.7 Å². The van der Waals surface area contributed by atoms with Crippen molar-refractivity contribution in [2.45, 2.75) is 64.3 Å². The van der Waals surface area contributed by atoms with Gasteiger partial charge in [0.15, 0.2) is 0 Å². The summed E-state index contributed by atoms with van der Waals surface area (Å²) in [6.45, 7) is 7.38. The number of anilines is 1. The van der Waals surface area contributed by atoms with Gasteiger partial charge in [0.2, 0.25) is 5.91 Å². The maximum atomic E-state index is 13.7. The minimum atomic E-state index is 0.188.